The minimum absolute atomic E-state index is 0.862. The number of fused-ring (bicyclic) bond motifs is 2. The molecular formula is C31H22NO. The van der Waals surface area contributed by atoms with Crippen LogP contribution in [0.3, 0.4) is 0 Å². The summed E-state index contributed by atoms with van der Waals surface area (Å²) in [5, 5.41) is 0. The molecule has 33 heavy (non-hydrogen) atoms. The van der Waals surface area contributed by atoms with Gasteiger partial charge >= 0.3 is 0 Å². The quantitative estimate of drug-likeness (QED) is 0.264. The van der Waals surface area contributed by atoms with Gasteiger partial charge in [-0.2, -0.15) is 0 Å². The predicted molar refractivity (Wildman–Crippen MR) is 135 cm³/mol. The second-order valence-electron chi connectivity index (χ2n) is 8.03. The highest BCUT2D eigenvalue weighted by Gasteiger charge is 2.25. The molecule has 2 nitrogen and oxygen atoms in total. The molecule has 0 aliphatic carbocycles. The number of anilines is 3. The van der Waals surface area contributed by atoms with Crippen molar-refractivity contribution < 1.29 is 4.74 Å². The molecule has 0 N–H and O–H groups in total. The molecule has 5 aromatic carbocycles. The molecule has 1 radical (unpaired) electrons. The minimum atomic E-state index is 0.862. The van der Waals surface area contributed by atoms with Crippen LogP contribution in [-0.4, -0.2) is 0 Å². The number of rotatable bonds is 4. The summed E-state index contributed by atoms with van der Waals surface area (Å²) in [6, 6.07) is 46.3. The highest BCUT2D eigenvalue weighted by atomic mass is 16.5. The molecule has 2 heteroatoms. The summed E-state index contributed by atoms with van der Waals surface area (Å²) in [6.45, 7) is 0. The van der Waals surface area contributed by atoms with E-state index in [1.165, 1.54) is 22.6 Å². The van der Waals surface area contributed by atoms with Crippen LogP contribution >= 0.6 is 0 Å². The number of ether oxygens (including phenoxy) is 1. The van der Waals surface area contributed by atoms with Gasteiger partial charge in [0.15, 0.2) is 11.5 Å². The first-order valence-corrected chi connectivity index (χ1v) is 11.1. The first-order valence-electron chi connectivity index (χ1n) is 11.1. The summed E-state index contributed by atoms with van der Waals surface area (Å²) in [5.74, 6) is 2.95. The molecule has 157 valence electrons. The molecule has 0 saturated carbocycles. The van der Waals surface area contributed by atoms with Crippen LogP contribution in [0.15, 0.2) is 133 Å². The SMILES string of the molecule is c1ccc([C](c2ccccc2)c2ccc(N3c4ccccc4Oc4ccccc43)cc2)cc1. The molecule has 0 spiro atoms. The van der Waals surface area contributed by atoms with Gasteiger partial charge < -0.3 is 9.64 Å². The van der Waals surface area contributed by atoms with E-state index in [2.05, 4.69) is 102 Å². The van der Waals surface area contributed by atoms with Crippen molar-refractivity contribution in [2.24, 2.45) is 0 Å². The lowest BCUT2D eigenvalue weighted by Crippen LogP contribution is -2.15. The van der Waals surface area contributed by atoms with Crippen LogP contribution in [0.1, 0.15) is 16.7 Å². The Kier molecular flexibility index (Phi) is 4.89. The van der Waals surface area contributed by atoms with E-state index in [0.717, 1.165) is 28.6 Å². The molecule has 0 unspecified atom stereocenters. The highest BCUT2D eigenvalue weighted by Crippen LogP contribution is 2.50. The highest BCUT2D eigenvalue weighted by molar-refractivity contribution is 5.86. The smallest absolute Gasteiger partial charge is 0.151 e. The summed E-state index contributed by atoms with van der Waals surface area (Å²) in [5.41, 5.74) is 6.78. The second kappa shape index (κ2) is 8.33. The van der Waals surface area contributed by atoms with Crippen molar-refractivity contribution in [2.75, 3.05) is 4.90 Å². The third kappa shape index (κ3) is 3.56. The third-order valence-corrected chi connectivity index (χ3v) is 5.97. The van der Waals surface area contributed by atoms with Crippen LogP contribution < -0.4 is 9.64 Å². The third-order valence-electron chi connectivity index (χ3n) is 5.97. The predicted octanol–water partition coefficient (Wildman–Crippen LogP) is 8.28. The molecule has 0 atom stereocenters. The summed E-state index contributed by atoms with van der Waals surface area (Å²) >= 11 is 0. The summed E-state index contributed by atoms with van der Waals surface area (Å²) < 4.78 is 6.16. The Hall–Kier alpha value is -4.30. The molecule has 5 aromatic rings. The van der Waals surface area contributed by atoms with Crippen LogP contribution in [0.4, 0.5) is 17.1 Å². The van der Waals surface area contributed by atoms with Crippen molar-refractivity contribution in [2.45, 2.75) is 0 Å². The molecule has 0 amide bonds. The fourth-order valence-electron chi connectivity index (χ4n) is 4.47. The average Bonchev–Trinajstić information content (AvgIpc) is 2.89. The van der Waals surface area contributed by atoms with Crippen molar-refractivity contribution >= 4 is 17.1 Å². The Morgan fingerprint density at radius 1 is 0.424 bits per heavy atom. The Morgan fingerprint density at radius 2 is 0.848 bits per heavy atom. The van der Waals surface area contributed by atoms with Crippen molar-refractivity contribution in [3.63, 3.8) is 0 Å². The Morgan fingerprint density at radius 3 is 1.36 bits per heavy atom. The van der Waals surface area contributed by atoms with Crippen molar-refractivity contribution in [3.05, 3.63) is 156 Å². The van der Waals surface area contributed by atoms with Crippen LogP contribution in [0, 0.1) is 5.92 Å². The average molecular weight is 425 g/mol. The van der Waals surface area contributed by atoms with Gasteiger partial charge in [-0.3, -0.25) is 0 Å². The van der Waals surface area contributed by atoms with E-state index in [-0.39, 0.29) is 0 Å². The molecule has 1 aliphatic rings. The van der Waals surface area contributed by atoms with E-state index >= 15 is 0 Å². The maximum atomic E-state index is 6.16. The fourth-order valence-corrected chi connectivity index (χ4v) is 4.47. The van der Waals surface area contributed by atoms with Gasteiger partial charge in [-0.25, -0.2) is 0 Å². The topological polar surface area (TPSA) is 12.5 Å². The van der Waals surface area contributed by atoms with Crippen LogP contribution in [0.5, 0.6) is 11.5 Å². The van der Waals surface area contributed by atoms with Gasteiger partial charge in [-0.15, -0.1) is 0 Å². The number of hydrogen-bond donors (Lipinski definition) is 0. The zero-order valence-electron chi connectivity index (χ0n) is 18.1. The zero-order valence-corrected chi connectivity index (χ0v) is 18.1. The maximum Gasteiger partial charge on any atom is 0.151 e. The molecule has 0 aromatic heterocycles. The maximum absolute atomic E-state index is 6.16. The zero-order chi connectivity index (χ0) is 22.0. The first kappa shape index (κ1) is 19.4. The lowest BCUT2D eigenvalue weighted by molar-refractivity contribution is 0.477. The molecule has 0 fully saturated rings. The second-order valence-corrected chi connectivity index (χ2v) is 8.03. The van der Waals surface area contributed by atoms with Crippen molar-refractivity contribution in [1.29, 1.82) is 0 Å². The molecule has 6 rings (SSSR count). The Balaban J connectivity index is 1.44. The number of nitrogens with zero attached hydrogens (tertiary/aromatic N) is 1. The fraction of sp³-hybridized carbons (Fsp3) is 0. The van der Waals surface area contributed by atoms with E-state index in [0.29, 0.717) is 0 Å². The Bertz CT molecular complexity index is 1290. The van der Waals surface area contributed by atoms with E-state index < -0.39 is 0 Å². The van der Waals surface area contributed by atoms with Crippen molar-refractivity contribution in [3.8, 4) is 11.5 Å². The summed E-state index contributed by atoms with van der Waals surface area (Å²) in [7, 11) is 0. The first-order chi connectivity index (χ1) is 16.4. The number of para-hydroxylation sites is 4. The van der Waals surface area contributed by atoms with Gasteiger partial charge in [0.1, 0.15) is 0 Å². The van der Waals surface area contributed by atoms with E-state index in [1.54, 1.807) is 0 Å². The molecular weight excluding hydrogens is 402 g/mol. The van der Waals surface area contributed by atoms with Gasteiger partial charge in [0, 0.05) is 5.69 Å². The summed E-state index contributed by atoms with van der Waals surface area (Å²) in [6.07, 6.45) is 0. The molecule has 0 saturated heterocycles. The minimum Gasteiger partial charge on any atom is -0.453 e. The lowest BCUT2D eigenvalue weighted by Gasteiger charge is -2.33. The lowest BCUT2D eigenvalue weighted by atomic mass is 9.85. The van der Waals surface area contributed by atoms with Crippen molar-refractivity contribution in [1.82, 2.24) is 0 Å². The number of benzene rings is 5. The monoisotopic (exact) mass is 424 g/mol. The van der Waals surface area contributed by atoms with E-state index in [4.69, 9.17) is 4.74 Å². The standard InChI is InChI=1S/C31H22NO/c1-3-11-23(12-4-1)31(24-13-5-2-6-14-24)25-19-21-26(22-20-25)32-27-15-7-9-17-29(27)33-30-18-10-8-16-28(30)32/h1-22H. The molecule has 0 bridgehead atoms. The molecule has 1 heterocycles. The number of hydrogen-bond acceptors (Lipinski definition) is 2. The van der Waals surface area contributed by atoms with Gasteiger partial charge in [-0.05, 0) is 53.1 Å². The molecule has 1 aliphatic heterocycles. The van der Waals surface area contributed by atoms with Gasteiger partial charge in [0.2, 0.25) is 0 Å². The van der Waals surface area contributed by atoms with Gasteiger partial charge in [0.25, 0.3) is 0 Å². The van der Waals surface area contributed by atoms with Crippen LogP contribution in [-0.2, 0) is 0 Å². The van der Waals surface area contributed by atoms with E-state index in [9.17, 15) is 0 Å². The largest absolute Gasteiger partial charge is 0.453 e. The Labute approximate surface area is 194 Å². The van der Waals surface area contributed by atoms with E-state index in [1.807, 2.05) is 36.4 Å². The van der Waals surface area contributed by atoms with Gasteiger partial charge in [-0.1, -0.05) is 97.1 Å². The van der Waals surface area contributed by atoms with Crippen LogP contribution in [0.2, 0.25) is 0 Å². The normalized spacial score (nSPS) is 12.1. The van der Waals surface area contributed by atoms with Gasteiger partial charge in [0.05, 0.1) is 17.3 Å². The van der Waals surface area contributed by atoms with Crippen LogP contribution in [0.25, 0.3) is 0 Å². The summed E-state index contributed by atoms with van der Waals surface area (Å²) in [4.78, 5) is 2.27.